The van der Waals surface area contributed by atoms with E-state index in [4.69, 9.17) is 16.3 Å². The molecule has 0 bridgehead atoms. The molecule has 0 radical (unpaired) electrons. The summed E-state index contributed by atoms with van der Waals surface area (Å²) in [6.45, 7) is 3.92. The minimum atomic E-state index is -2.35. The highest BCUT2D eigenvalue weighted by molar-refractivity contribution is 14.1. The smallest absolute Gasteiger partial charge is 0.248 e. The van der Waals surface area contributed by atoms with Crippen molar-refractivity contribution < 1.29 is 23.8 Å². The first-order chi connectivity index (χ1) is 9.06. The van der Waals surface area contributed by atoms with Crippen LogP contribution in [0.15, 0.2) is 12.3 Å². The minimum Gasteiger partial charge on any atom is -0.385 e. The number of allylic oxidation sites excluding steroid dienone is 1. The highest BCUT2D eigenvalue weighted by Gasteiger charge is 2.63. The van der Waals surface area contributed by atoms with Crippen LogP contribution in [0.1, 0.15) is 20.8 Å². The van der Waals surface area contributed by atoms with Gasteiger partial charge in [-0.1, -0.05) is 22.6 Å². The van der Waals surface area contributed by atoms with Gasteiger partial charge in [0.25, 0.3) is 0 Å². The van der Waals surface area contributed by atoms with Gasteiger partial charge >= 0.3 is 0 Å². The molecule has 0 unspecified atom stereocenters. The number of carbonyl (C=O) groups is 2. The molecule has 8 heteroatoms. The molecule has 1 aliphatic heterocycles. The first kappa shape index (κ1) is 17.8. The van der Waals surface area contributed by atoms with Gasteiger partial charge in [0.05, 0.1) is 4.43 Å². The maximum Gasteiger partial charge on any atom is 0.248 e. The van der Waals surface area contributed by atoms with Crippen molar-refractivity contribution in [2.24, 2.45) is 0 Å². The van der Waals surface area contributed by atoms with Crippen LogP contribution >= 0.6 is 34.2 Å². The van der Waals surface area contributed by atoms with E-state index >= 15 is 0 Å². The van der Waals surface area contributed by atoms with Gasteiger partial charge in [-0.2, -0.15) is 0 Å². The van der Waals surface area contributed by atoms with E-state index in [1.165, 1.54) is 27.0 Å². The molecule has 5 nitrogen and oxygen atoms in total. The van der Waals surface area contributed by atoms with Gasteiger partial charge in [-0.3, -0.25) is 14.5 Å². The molecule has 4 atom stereocenters. The van der Waals surface area contributed by atoms with Crippen LogP contribution in [-0.2, 0) is 14.3 Å². The number of aliphatic hydroxyl groups excluding tert-OH is 1. The van der Waals surface area contributed by atoms with Gasteiger partial charge < -0.3 is 9.84 Å². The SMILES string of the molecule is CC(=O)/C=C\N(C(C)=O)[C@@H]1O[C@](F)(CI)[C@@H](O)[C@@]1(C)Cl. The molecule has 1 heterocycles. The molecule has 1 N–H and O–H groups in total. The molecule has 0 aliphatic carbocycles. The number of rotatable bonds is 4. The Balaban J connectivity index is 3.15. The second-order valence-electron chi connectivity index (χ2n) is 4.80. The van der Waals surface area contributed by atoms with Crippen LogP contribution in [0.5, 0.6) is 0 Å². The first-order valence-electron chi connectivity index (χ1n) is 5.83. The summed E-state index contributed by atoms with van der Waals surface area (Å²) in [6.07, 6.45) is -0.494. The number of nitrogens with zero attached hydrogens (tertiary/aromatic N) is 1. The molecule has 1 saturated heterocycles. The normalized spacial score (nSPS) is 37.4. The standard InChI is InChI=1S/C12H16ClFINO4/c1-7(17)4-5-16(8(2)18)10-11(3,13)9(19)12(14,6-15)20-10/h4-5,9-10,19H,6H2,1-3H3/b5-4-/t9-,10+,11+,12+/m0/s1. The second kappa shape index (κ2) is 6.25. The molecule has 1 aliphatic rings. The molecular formula is C12H16ClFINO4. The highest BCUT2D eigenvalue weighted by atomic mass is 127. The average Bonchev–Trinajstić information content (AvgIpc) is 2.51. The zero-order valence-corrected chi connectivity index (χ0v) is 14.2. The Morgan fingerprint density at radius 3 is 2.45 bits per heavy atom. The predicted molar refractivity (Wildman–Crippen MR) is 80.2 cm³/mol. The molecule has 20 heavy (non-hydrogen) atoms. The first-order valence-corrected chi connectivity index (χ1v) is 7.74. The van der Waals surface area contributed by atoms with Crippen LogP contribution in [0.3, 0.4) is 0 Å². The van der Waals surface area contributed by atoms with Crippen LogP contribution in [0.25, 0.3) is 0 Å². The molecule has 0 spiro atoms. The van der Waals surface area contributed by atoms with Crippen molar-refractivity contribution in [3.8, 4) is 0 Å². The monoisotopic (exact) mass is 419 g/mol. The summed E-state index contributed by atoms with van der Waals surface area (Å²) in [7, 11) is 0. The van der Waals surface area contributed by atoms with E-state index in [0.29, 0.717) is 0 Å². The summed E-state index contributed by atoms with van der Waals surface area (Å²) in [5.41, 5.74) is 0. The van der Waals surface area contributed by atoms with E-state index < -0.39 is 29.0 Å². The maximum atomic E-state index is 14.4. The van der Waals surface area contributed by atoms with Gasteiger partial charge in [0.2, 0.25) is 11.8 Å². The Labute approximate surface area is 135 Å². The largest absolute Gasteiger partial charge is 0.385 e. The third-order valence-electron chi connectivity index (χ3n) is 3.00. The Morgan fingerprint density at radius 1 is 1.55 bits per heavy atom. The quantitative estimate of drug-likeness (QED) is 0.428. The Hall–Kier alpha value is -0.250. The summed E-state index contributed by atoms with van der Waals surface area (Å²) in [6, 6.07) is 0. The van der Waals surface area contributed by atoms with Gasteiger partial charge in [-0.15, -0.1) is 11.6 Å². The number of halogens is 3. The van der Waals surface area contributed by atoms with Crippen molar-refractivity contribution in [3.05, 3.63) is 12.3 Å². The molecule has 1 rings (SSSR count). The van der Waals surface area contributed by atoms with Crippen molar-refractivity contribution >= 4 is 45.9 Å². The van der Waals surface area contributed by atoms with E-state index in [1.54, 1.807) is 22.6 Å². The number of hydrogen-bond donors (Lipinski definition) is 1. The minimum absolute atomic E-state index is 0.146. The van der Waals surface area contributed by atoms with Gasteiger partial charge in [0.15, 0.2) is 12.0 Å². The van der Waals surface area contributed by atoms with Crippen molar-refractivity contribution in [3.63, 3.8) is 0 Å². The molecule has 1 amide bonds. The van der Waals surface area contributed by atoms with E-state index in [0.717, 1.165) is 11.0 Å². The fourth-order valence-electron chi connectivity index (χ4n) is 1.89. The number of aliphatic hydroxyl groups is 1. The van der Waals surface area contributed by atoms with Crippen LogP contribution < -0.4 is 0 Å². The molecular weight excluding hydrogens is 403 g/mol. The highest BCUT2D eigenvalue weighted by Crippen LogP contribution is 2.45. The van der Waals surface area contributed by atoms with Crippen LogP contribution in [0.2, 0.25) is 0 Å². The Bertz CT molecular complexity index is 445. The van der Waals surface area contributed by atoms with E-state index in [-0.39, 0.29) is 10.2 Å². The topological polar surface area (TPSA) is 66.8 Å². The lowest BCUT2D eigenvalue weighted by atomic mass is 9.99. The van der Waals surface area contributed by atoms with Gasteiger partial charge in [0.1, 0.15) is 11.0 Å². The van der Waals surface area contributed by atoms with Crippen molar-refractivity contribution in [1.29, 1.82) is 0 Å². The summed E-state index contributed by atoms with van der Waals surface area (Å²) in [4.78, 5) is 22.1. The predicted octanol–water partition coefficient (Wildman–Crippen LogP) is 1.75. The van der Waals surface area contributed by atoms with E-state index in [2.05, 4.69) is 0 Å². The number of hydrogen-bond acceptors (Lipinski definition) is 4. The Morgan fingerprint density at radius 2 is 2.10 bits per heavy atom. The molecule has 0 saturated carbocycles. The fourth-order valence-corrected chi connectivity index (χ4v) is 2.80. The third-order valence-corrected chi connectivity index (χ3v) is 4.44. The number of carbonyl (C=O) groups excluding carboxylic acids is 2. The van der Waals surface area contributed by atoms with Crippen LogP contribution in [0, 0.1) is 0 Å². The molecule has 0 aromatic carbocycles. The van der Waals surface area contributed by atoms with E-state index in [9.17, 15) is 19.1 Å². The summed E-state index contributed by atoms with van der Waals surface area (Å²) in [5, 5.41) is 9.99. The lowest BCUT2D eigenvalue weighted by molar-refractivity contribution is -0.180. The lowest BCUT2D eigenvalue weighted by Gasteiger charge is -2.31. The third kappa shape index (κ3) is 3.32. The fraction of sp³-hybridized carbons (Fsp3) is 0.667. The average molecular weight is 420 g/mol. The maximum absolute atomic E-state index is 14.4. The van der Waals surface area contributed by atoms with E-state index in [1.807, 2.05) is 0 Å². The zero-order chi connectivity index (χ0) is 15.7. The molecule has 0 aromatic heterocycles. The lowest BCUT2D eigenvalue weighted by Crippen LogP contribution is -2.49. The molecule has 1 fully saturated rings. The molecule has 114 valence electrons. The number of amides is 1. The van der Waals surface area contributed by atoms with Gasteiger partial charge in [0, 0.05) is 13.1 Å². The zero-order valence-electron chi connectivity index (χ0n) is 11.3. The summed E-state index contributed by atoms with van der Waals surface area (Å²) >= 11 is 7.90. The van der Waals surface area contributed by atoms with Gasteiger partial charge in [-0.05, 0) is 19.9 Å². The van der Waals surface area contributed by atoms with Crippen LogP contribution in [-0.4, -0.2) is 49.2 Å². The summed E-state index contributed by atoms with van der Waals surface area (Å²) in [5.74, 6) is -3.12. The van der Waals surface area contributed by atoms with Crippen LogP contribution in [0.4, 0.5) is 4.39 Å². The second-order valence-corrected chi connectivity index (χ2v) is 6.37. The van der Waals surface area contributed by atoms with Crippen molar-refractivity contribution in [1.82, 2.24) is 4.90 Å². The van der Waals surface area contributed by atoms with Crippen molar-refractivity contribution in [2.75, 3.05) is 4.43 Å². The number of ether oxygens (including phenoxy) is 1. The molecule has 0 aromatic rings. The summed E-state index contributed by atoms with van der Waals surface area (Å²) < 4.78 is 19.4. The number of ketones is 1. The van der Waals surface area contributed by atoms with Crippen molar-refractivity contribution in [2.45, 2.75) is 43.8 Å². The Kier molecular flexibility index (Phi) is 5.56. The number of alkyl halides is 3. The van der Waals surface area contributed by atoms with Gasteiger partial charge in [-0.25, -0.2) is 4.39 Å².